The van der Waals surface area contributed by atoms with E-state index in [4.69, 9.17) is 4.74 Å². The van der Waals surface area contributed by atoms with E-state index >= 15 is 0 Å². The van der Waals surface area contributed by atoms with Gasteiger partial charge in [0, 0.05) is 5.92 Å². The molecule has 1 aliphatic carbocycles. The first kappa shape index (κ1) is 11.9. The van der Waals surface area contributed by atoms with Gasteiger partial charge in [-0.1, -0.05) is 6.92 Å². The maximum atomic E-state index is 13.2. The minimum absolute atomic E-state index is 0.373. The third-order valence-electron chi connectivity index (χ3n) is 2.73. The third kappa shape index (κ3) is 2.08. The van der Waals surface area contributed by atoms with Crippen molar-refractivity contribution in [3.8, 4) is 0 Å². The lowest BCUT2D eigenvalue weighted by atomic mass is 9.99. The van der Waals surface area contributed by atoms with E-state index in [0.717, 1.165) is 0 Å². The van der Waals surface area contributed by atoms with Crippen LogP contribution in [0.2, 0.25) is 0 Å². The molecule has 0 amide bonds. The molecule has 0 bridgehead atoms. The molecule has 3 heteroatoms. The molecule has 2 atom stereocenters. The van der Waals surface area contributed by atoms with Gasteiger partial charge in [0.1, 0.15) is 0 Å². The van der Waals surface area contributed by atoms with Crippen LogP contribution < -0.4 is 0 Å². The average Bonchev–Trinajstić information content (AvgIpc) is 2.24. The Hall–Kier alpha value is -0.180. The number of halogens is 2. The summed E-state index contributed by atoms with van der Waals surface area (Å²) in [6, 6.07) is 0. The molecule has 0 N–H and O–H groups in total. The molecule has 0 aliphatic heterocycles. The van der Waals surface area contributed by atoms with Crippen LogP contribution in [-0.2, 0) is 4.74 Å². The van der Waals surface area contributed by atoms with Crippen LogP contribution in [-0.4, -0.2) is 17.1 Å². The fourth-order valence-corrected chi connectivity index (χ4v) is 2.40. The number of rotatable bonds is 2. The molecule has 0 aromatic heterocycles. The molecular formula is C11H20F2O. The van der Waals surface area contributed by atoms with Crippen LogP contribution in [0.5, 0.6) is 0 Å². The van der Waals surface area contributed by atoms with E-state index in [1.54, 1.807) is 20.8 Å². The summed E-state index contributed by atoms with van der Waals surface area (Å²) >= 11 is 0. The first-order valence-corrected chi connectivity index (χ1v) is 5.06. The van der Waals surface area contributed by atoms with Crippen molar-refractivity contribution in [1.29, 1.82) is 0 Å². The normalized spacial score (nSPS) is 31.7. The van der Waals surface area contributed by atoms with Gasteiger partial charge in [-0.25, -0.2) is 8.78 Å². The van der Waals surface area contributed by atoms with Crippen LogP contribution in [0.25, 0.3) is 0 Å². The van der Waals surface area contributed by atoms with Gasteiger partial charge >= 0.3 is 0 Å². The van der Waals surface area contributed by atoms with Crippen molar-refractivity contribution in [3.63, 3.8) is 0 Å². The number of ether oxygens (including phenoxy) is 1. The highest BCUT2D eigenvalue weighted by Gasteiger charge is 2.71. The van der Waals surface area contributed by atoms with E-state index in [9.17, 15) is 8.78 Å². The van der Waals surface area contributed by atoms with Crippen molar-refractivity contribution < 1.29 is 13.5 Å². The Morgan fingerprint density at radius 3 is 1.64 bits per heavy atom. The summed E-state index contributed by atoms with van der Waals surface area (Å²) in [5.74, 6) is -3.75. The zero-order valence-electron chi connectivity index (χ0n) is 9.82. The van der Waals surface area contributed by atoms with Crippen molar-refractivity contribution in [3.05, 3.63) is 0 Å². The van der Waals surface area contributed by atoms with Crippen LogP contribution in [0, 0.1) is 11.8 Å². The summed E-state index contributed by atoms with van der Waals surface area (Å²) in [4.78, 5) is 0. The second-order valence-electron chi connectivity index (χ2n) is 5.76. The number of hydrogen-bond acceptors (Lipinski definition) is 1. The smallest absolute Gasteiger partial charge is 0.257 e. The summed E-state index contributed by atoms with van der Waals surface area (Å²) in [6.07, 6.45) is 0. The molecule has 1 fully saturated rings. The molecule has 14 heavy (non-hydrogen) atoms. The highest BCUT2D eigenvalue weighted by molar-refractivity contribution is 5.10. The van der Waals surface area contributed by atoms with E-state index in [1.807, 2.05) is 20.8 Å². The second-order valence-corrected chi connectivity index (χ2v) is 5.76. The topological polar surface area (TPSA) is 9.23 Å². The molecule has 84 valence electrons. The maximum Gasteiger partial charge on any atom is 0.257 e. The first-order chi connectivity index (χ1) is 5.98. The third-order valence-corrected chi connectivity index (χ3v) is 2.73. The van der Waals surface area contributed by atoms with E-state index < -0.39 is 23.4 Å². The minimum atomic E-state index is -2.55. The first-order valence-electron chi connectivity index (χ1n) is 5.06. The summed E-state index contributed by atoms with van der Waals surface area (Å²) in [5.41, 5.74) is -1.12. The van der Waals surface area contributed by atoms with Gasteiger partial charge in [0.15, 0.2) is 0 Å². The molecule has 1 aliphatic rings. The molecule has 0 radical (unpaired) electrons. The Morgan fingerprint density at radius 1 is 1.07 bits per heavy atom. The molecule has 0 unspecified atom stereocenters. The van der Waals surface area contributed by atoms with Gasteiger partial charge in [-0.3, -0.25) is 0 Å². The fourth-order valence-electron chi connectivity index (χ4n) is 2.40. The molecule has 0 saturated heterocycles. The highest BCUT2D eigenvalue weighted by Crippen LogP contribution is 2.61. The predicted molar refractivity (Wildman–Crippen MR) is 52.5 cm³/mol. The zero-order valence-corrected chi connectivity index (χ0v) is 9.82. The molecule has 0 spiro atoms. The number of hydrogen-bond donors (Lipinski definition) is 0. The molecule has 1 nitrogen and oxygen atoms in total. The van der Waals surface area contributed by atoms with Crippen molar-refractivity contribution in [2.75, 3.05) is 0 Å². The van der Waals surface area contributed by atoms with Crippen molar-refractivity contribution >= 4 is 0 Å². The van der Waals surface area contributed by atoms with Gasteiger partial charge in [0.05, 0.1) is 17.1 Å². The molecule has 0 aromatic carbocycles. The lowest BCUT2D eigenvalue weighted by molar-refractivity contribution is -0.138. The standard InChI is InChI=1S/C11H20F2O/c1-7-8(11(7,12)13)10(5,6)14-9(2,3)4/h7-8H,1-6H3/t7-,8+/m0/s1. The second kappa shape index (κ2) is 2.91. The Labute approximate surface area is 84.8 Å². The predicted octanol–water partition coefficient (Wildman–Crippen LogP) is 3.48. The van der Waals surface area contributed by atoms with Crippen molar-refractivity contribution in [2.45, 2.75) is 58.7 Å². The van der Waals surface area contributed by atoms with Gasteiger partial charge in [0.25, 0.3) is 5.92 Å². The summed E-state index contributed by atoms with van der Waals surface area (Å²) < 4.78 is 32.0. The zero-order chi connectivity index (χ0) is 11.4. The summed E-state index contributed by atoms with van der Waals surface area (Å²) in [5, 5.41) is 0. The Bertz CT molecular complexity index is 228. The summed E-state index contributed by atoms with van der Waals surface area (Å²) in [6.45, 7) is 10.7. The van der Waals surface area contributed by atoms with E-state index in [0.29, 0.717) is 0 Å². The van der Waals surface area contributed by atoms with Crippen LogP contribution in [0.1, 0.15) is 41.5 Å². The van der Waals surface area contributed by atoms with E-state index in [2.05, 4.69) is 0 Å². The lowest BCUT2D eigenvalue weighted by Crippen LogP contribution is -2.38. The van der Waals surface area contributed by atoms with Gasteiger partial charge in [-0.2, -0.15) is 0 Å². The SMILES string of the molecule is C[C@H]1[C@H](C(C)(C)OC(C)(C)C)C1(F)F. The monoisotopic (exact) mass is 206 g/mol. The van der Waals surface area contributed by atoms with Gasteiger partial charge < -0.3 is 4.74 Å². The van der Waals surface area contributed by atoms with Gasteiger partial charge in [-0.05, 0) is 34.6 Å². The van der Waals surface area contributed by atoms with Gasteiger partial charge in [-0.15, -0.1) is 0 Å². The van der Waals surface area contributed by atoms with Crippen molar-refractivity contribution in [2.24, 2.45) is 11.8 Å². The summed E-state index contributed by atoms with van der Waals surface area (Å²) in [7, 11) is 0. The van der Waals surface area contributed by atoms with E-state index in [-0.39, 0.29) is 5.60 Å². The quantitative estimate of drug-likeness (QED) is 0.672. The van der Waals surface area contributed by atoms with Gasteiger partial charge in [0.2, 0.25) is 0 Å². The Balaban J connectivity index is 2.69. The van der Waals surface area contributed by atoms with Crippen LogP contribution in [0.15, 0.2) is 0 Å². The van der Waals surface area contributed by atoms with Crippen LogP contribution in [0.4, 0.5) is 8.78 Å². The van der Waals surface area contributed by atoms with E-state index in [1.165, 1.54) is 0 Å². The molecular weight excluding hydrogens is 186 g/mol. The fraction of sp³-hybridized carbons (Fsp3) is 1.00. The van der Waals surface area contributed by atoms with Crippen LogP contribution in [0.3, 0.4) is 0 Å². The maximum absolute atomic E-state index is 13.2. The van der Waals surface area contributed by atoms with Crippen LogP contribution >= 0.6 is 0 Å². The molecule has 1 rings (SSSR count). The molecule has 1 saturated carbocycles. The minimum Gasteiger partial charge on any atom is -0.369 e. The highest BCUT2D eigenvalue weighted by atomic mass is 19.3. The molecule has 0 heterocycles. The Morgan fingerprint density at radius 2 is 1.43 bits per heavy atom. The average molecular weight is 206 g/mol. The van der Waals surface area contributed by atoms with Crippen molar-refractivity contribution in [1.82, 2.24) is 0 Å². The number of alkyl halides is 2. The largest absolute Gasteiger partial charge is 0.369 e. The Kier molecular flexibility index (Phi) is 2.47. The molecule has 0 aromatic rings. The lowest BCUT2D eigenvalue weighted by Gasteiger charge is -2.34.